The van der Waals surface area contributed by atoms with Gasteiger partial charge in [-0.25, -0.2) is 0 Å². The second-order valence-corrected chi connectivity index (χ2v) is 7.99. The SMILES string of the molecule is O=C(O)[C@@H]1CCCN(Cc2cc(C(F)(F)F)ccc2C(F)(F)F)[C@H]1c1ccc(C(F)(F)F)cc1. The molecule has 1 heterocycles. The normalized spacial score (nSPS) is 20.4. The van der Waals surface area contributed by atoms with Gasteiger partial charge in [-0.15, -0.1) is 0 Å². The molecule has 0 radical (unpaired) electrons. The zero-order valence-electron chi connectivity index (χ0n) is 17.2. The number of carbonyl (C=O) groups is 1. The van der Waals surface area contributed by atoms with E-state index in [0.717, 1.165) is 24.3 Å². The molecule has 0 unspecified atom stereocenters. The second-order valence-electron chi connectivity index (χ2n) is 7.99. The van der Waals surface area contributed by atoms with Crippen LogP contribution in [0.15, 0.2) is 42.5 Å². The van der Waals surface area contributed by atoms with E-state index in [1.165, 1.54) is 4.90 Å². The molecular formula is C22H18F9NO2. The highest BCUT2D eigenvalue weighted by Crippen LogP contribution is 2.41. The summed E-state index contributed by atoms with van der Waals surface area (Å²) in [6.45, 7) is -0.628. The van der Waals surface area contributed by atoms with Gasteiger partial charge in [-0.05, 0) is 60.8 Å². The molecule has 0 aromatic heterocycles. The molecule has 186 valence electrons. The number of carboxylic acid groups (broad SMARTS) is 1. The molecule has 2 aromatic rings. The van der Waals surface area contributed by atoms with Gasteiger partial charge in [0.15, 0.2) is 0 Å². The fraction of sp³-hybridized carbons (Fsp3) is 0.409. The number of likely N-dealkylation sites (tertiary alicyclic amines) is 1. The van der Waals surface area contributed by atoms with E-state index >= 15 is 0 Å². The first-order valence-electron chi connectivity index (χ1n) is 10.0. The van der Waals surface area contributed by atoms with Gasteiger partial charge in [-0.1, -0.05) is 12.1 Å². The molecule has 1 saturated heterocycles. The monoisotopic (exact) mass is 499 g/mol. The third-order valence-electron chi connectivity index (χ3n) is 5.74. The van der Waals surface area contributed by atoms with Crippen LogP contribution in [0.2, 0.25) is 0 Å². The first kappa shape index (κ1) is 25.9. The van der Waals surface area contributed by atoms with E-state index in [2.05, 4.69) is 0 Å². The number of hydrogen-bond donors (Lipinski definition) is 1. The van der Waals surface area contributed by atoms with E-state index in [4.69, 9.17) is 0 Å². The molecule has 0 saturated carbocycles. The number of alkyl halides is 9. The lowest BCUT2D eigenvalue weighted by Crippen LogP contribution is -2.41. The minimum Gasteiger partial charge on any atom is -0.481 e. The van der Waals surface area contributed by atoms with Crippen molar-refractivity contribution in [3.63, 3.8) is 0 Å². The lowest BCUT2D eigenvalue weighted by Gasteiger charge is -2.40. The standard InChI is InChI=1S/C22H18F9NO2/c23-20(24,25)14-5-3-12(4-6-14)18-16(19(33)34)2-1-9-32(18)11-13-10-15(21(26,27)28)7-8-17(13)22(29,30)31/h3-8,10,16,18H,1-2,9,11H2,(H,33,34)/t16-,18+/m1/s1. The van der Waals surface area contributed by atoms with Gasteiger partial charge in [0.25, 0.3) is 0 Å². The van der Waals surface area contributed by atoms with Crippen molar-refractivity contribution in [3.05, 3.63) is 70.3 Å². The number of benzene rings is 2. The number of carboxylic acids is 1. The molecule has 2 atom stereocenters. The number of rotatable bonds is 4. The van der Waals surface area contributed by atoms with Gasteiger partial charge in [0.1, 0.15) is 0 Å². The van der Waals surface area contributed by atoms with Crippen molar-refractivity contribution in [1.82, 2.24) is 4.90 Å². The maximum absolute atomic E-state index is 13.5. The molecule has 12 heteroatoms. The highest BCUT2D eigenvalue weighted by molar-refractivity contribution is 5.71. The van der Waals surface area contributed by atoms with Gasteiger partial charge < -0.3 is 5.11 Å². The predicted molar refractivity (Wildman–Crippen MR) is 101 cm³/mol. The molecule has 0 spiro atoms. The minimum atomic E-state index is -4.97. The number of aliphatic carboxylic acids is 1. The van der Waals surface area contributed by atoms with Crippen LogP contribution >= 0.6 is 0 Å². The van der Waals surface area contributed by atoms with Crippen LogP contribution in [0.4, 0.5) is 39.5 Å². The molecular weight excluding hydrogens is 481 g/mol. The van der Waals surface area contributed by atoms with Crippen molar-refractivity contribution >= 4 is 5.97 Å². The van der Waals surface area contributed by atoms with Crippen molar-refractivity contribution < 1.29 is 49.4 Å². The van der Waals surface area contributed by atoms with Crippen LogP contribution in [0.25, 0.3) is 0 Å². The highest BCUT2D eigenvalue weighted by atomic mass is 19.4. The van der Waals surface area contributed by atoms with E-state index in [0.29, 0.717) is 18.2 Å². The number of hydrogen-bond acceptors (Lipinski definition) is 2. The first-order chi connectivity index (χ1) is 15.6. The van der Waals surface area contributed by atoms with Crippen molar-refractivity contribution in [3.8, 4) is 0 Å². The number of nitrogens with zero attached hydrogens (tertiary/aromatic N) is 1. The Labute approximate surface area is 187 Å². The summed E-state index contributed by atoms with van der Waals surface area (Å²) in [6.07, 6.45) is -14.2. The third kappa shape index (κ3) is 5.65. The average Bonchev–Trinajstić information content (AvgIpc) is 2.71. The van der Waals surface area contributed by atoms with E-state index in [9.17, 15) is 49.4 Å². The van der Waals surface area contributed by atoms with Gasteiger partial charge in [-0.2, -0.15) is 39.5 Å². The van der Waals surface area contributed by atoms with Crippen molar-refractivity contribution in [2.45, 2.75) is 44.0 Å². The molecule has 34 heavy (non-hydrogen) atoms. The summed E-state index contributed by atoms with van der Waals surface area (Å²) in [7, 11) is 0. The van der Waals surface area contributed by atoms with Crippen LogP contribution in [-0.4, -0.2) is 22.5 Å². The first-order valence-corrected chi connectivity index (χ1v) is 10.0. The highest BCUT2D eigenvalue weighted by Gasteiger charge is 2.41. The molecule has 1 aliphatic heterocycles. The van der Waals surface area contributed by atoms with Crippen LogP contribution in [0.5, 0.6) is 0 Å². The topological polar surface area (TPSA) is 40.5 Å². The smallest absolute Gasteiger partial charge is 0.416 e. The fourth-order valence-corrected chi connectivity index (χ4v) is 4.21. The quantitative estimate of drug-likeness (QED) is 0.472. The zero-order valence-corrected chi connectivity index (χ0v) is 17.2. The molecule has 2 aromatic carbocycles. The third-order valence-corrected chi connectivity index (χ3v) is 5.74. The zero-order chi connectivity index (χ0) is 25.5. The summed E-state index contributed by atoms with van der Waals surface area (Å²) < 4.78 is 119. The Bertz CT molecular complexity index is 1030. The maximum atomic E-state index is 13.5. The Kier molecular flexibility index (Phi) is 6.94. The van der Waals surface area contributed by atoms with Crippen LogP contribution in [0, 0.1) is 5.92 Å². The summed E-state index contributed by atoms with van der Waals surface area (Å²) in [6, 6.07) is 3.41. The Morgan fingerprint density at radius 2 is 1.41 bits per heavy atom. The number of piperidine rings is 1. The fourth-order valence-electron chi connectivity index (χ4n) is 4.21. The van der Waals surface area contributed by atoms with Gasteiger partial charge in [0.05, 0.1) is 22.6 Å². The largest absolute Gasteiger partial charge is 0.481 e. The van der Waals surface area contributed by atoms with Gasteiger partial charge >= 0.3 is 24.5 Å². The van der Waals surface area contributed by atoms with Crippen LogP contribution < -0.4 is 0 Å². The summed E-state index contributed by atoms with van der Waals surface area (Å²) in [5.41, 5.74) is -4.19. The van der Waals surface area contributed by atoms with E-state index in [1.807, 2.05) is 0 Å². The molecule has 1 aliphatic rings. The second kappa shape index (κ2) is 9.12. The Balaban J connectivity index is 2.06. The van der Waals surface area contributed by atoms with Crippen molar-refractivity contribution in [2.24, 2.45) is 5.92 Å². The summed E-state index contributed by atoms with van der Waals surface area (Å²) in [5.74, 6) is -2.49. The lowest BCUT2D eigenvalue weighted by molar-refractivity contribution is -0.147. The lowest BCUT2D eigenvalue weighted by atomic mass is 9.84. The molecule has 3 rings (SSSR count). The number of halogens is 9. The Morgan fingerprint density at radius 1 is 0.853 bits per heavy atom. The van der Waals surface area contributed by atoms with E-state index < -0.39 is 65.3 Å². The van der Waals surface area contributed by atoms with Crippen molar-refractivity contribution in [1.29, 1.82) is 0 Å². The molecule has 3 nitrogen and oxygen atoms in total. The van der Waals surface area contributed by atoms with Crippen molar-refractivity contribution in [2.75, 3.05) is 6.54 Å². The molecule has 1 N–H and O–H groups in total. The Morgan fingerprint density at radius 3 is 1.91 bits per heavy atom. The van der Waals surface area contributed by atoms with Gasteiger partial charge in [0, 0.05) is 12.6 Å². The maximum Gasteiger partial charge on any atom is 0.416 e. The van der Waals surface area contributed by atoms with Gasteiger partial charge in [-0.3, -0.25) is 9.69 Å². The van der Waals surface area contributed by atoms with Crippen LogP contribution in [0.1, 0.15) is 46.7 Å². The molecule has 0 amide bonds. The van der Waals surface area contributed by atoms with Crippen LogP contribution in [0.3, 0.4) is 0 Å². The molecule has 0 bridgehead atoms. The van der Waals surface area contributed by atoms with E-state index in [1.54, 1.807) is 0 Å². The summed E-state index contributed by atoms with van der Waals surface area (Å²) in [4.78, 5) is 13.1. The summed E-state index contributed by atoms with van der Waals surface area (Å²) in [5, 5.41) is 9.64. The molecule has 0 aliphatic carbocycles. The molecule has 1 fully saturated rings. The minimum absolute atomic E-state index is 0.0447. The predicted octanol–water partition coefficient (Wildman–Crippen LogP) is 6.78. The van der Waals surface area contributed by atoms with E-state index in [-0.39, 0.29) is 24.9 Å². The van der Waals surface area contributed by atoms with Gasteiger partial charge in [0.2, 0.25) is 0 Å². The van der Waals surface area contributed by atoms with Crippen LogP contribution in [-0.2, 0) is 29.9 Å². The Hall–Kier alpha value is -2.76. The average molecular weight is 499 g/mol. The summed E-state index contributed by atoms with van der Waals surface area (Å²) >= 11 is 0.